The van der Waals surface area contributed by atoms with E-state index in [4.69, 9.17) is 4.99 Å². The van der Waals surface area contributed by atoms with E-state index in [1.54, 1.807) is 0 Å². The SMILES string of the molecule is CNC1(C)C=C(Nc2ccc(C)cc2)NC(Nc2ccc(C)cc2)=N1. The molecule has 0 amide bonds. The summed E-state index contributed by atoms with van der Waals surface area (Å²) in [6.07, 6.45) is 2.03. The molecule has 2 aromatic carbocycles. The second kappa shape index (κ2) is 6.99. The van der Waals surface area contributed by atoms with Crippen molar-refractivity contribution in [2.75, 3.05) is 17.7 Å². The number of benzene rings is 2. The van der Waals surface area contributed by atoms with Crippen LogP contribution in [0.25, 0.3) is 0 Å². The highest BCUT2D eigenvalue weighted by atomic mass is 15.3. The summed E-state index contributed by atoms with van der Waals surface area (Å²) in [5, 5.41) is 13.3. The molecule has 3 rings (SSSR count). The number of anilines is 2. The minimum Gasteiger partial charge on any atom is -0.342 e. The smallest absolute Gasteiger partial charge is 0.203 e. The van der Waals surface area contributed by atoms with Gasteiger partial charge in [-0.1, -0.05) is 35.4 Å². The highest BCUT2D eigenvalue weighted by molar-refractivity contribution is 5.96. The Morgan fingerprint density at radius 3 is 1.88 bits per heavy atom. The molecular weight excluding hydrogens is 310 g/mol. The van der Waals surface area contributed by atoms with E-state index in [1.807, 2.05) is 32.2 Å². The standard InChI is InChI=1S/C20H25N5/c1-14-5-9-16(10-6-14)22-18-13-20(3,21-4)25-19(24-18)23-17-11-7-15(2)8-12-17/h5-13,21-22H,1-4H3,(H2,23,24,25). The normalized spacial score (nSPS) is 19.5. The van der Waals surface area contributed by atoms with E-state index >= 15 is 0 Å². The summed E-state index contributed by atoms with van der Waals surface area (Å²) in [7, 11) is 1.90. The Bertz CT molecular complexity index is 724. The van der Waals surface area contributed by atoms with Gasteiger partial charge in [-0.15, -0.1) is 0 Å². The van der Waals surface area contributed by atoms with Crippen molar-refractivity contribution < 1.29 is 0 Å². The van der Waals surface area contributed by atoms with Crippen molar-refractivity contribution in [3.8, 4) is 0 Å². The fourth-order valence-electron chi connectivity index (χ4n) is 2.56. The Hall–Kier alpha value is -2.79. The van der Waals surface area contributed by atoms with Gasteiger partial charge in [0.05, 0.1) is 0 Å². The number of rotatable bonds is 4. The number of hydrogen-bond acceptors (Lipinski definition) is 5. The minimum atomic E-state index is -0.495. The second-order valence-corrected chi connectivity index (χ2v) is 6.52. The van der Waals surface area contributed by atoms with Gasteiger partial charge >= 0.3 is 0 Å². The summed E-state index contributed by atoms with van der Waals surface area (Å²) in [5.74, 6) is 1.57. The molecule has 1 aliphatic heterocycles. The van der Waals surface area contributed by atoms with Crippen molar-refractivity contribution in [2.24, 2.45) is 4.99 Å². The number of aryl methyl sites for hydroxylation is 2. The Kier molecular flexibility index (Phi) is 4.76. The summed E-state index contributed by atoms with van der Waals surface area (Å²) in [5.41, 5.74) is 3.99. The van der Waals surface area contributed by atoms with Gasteiger partial charge in [-0.25, -0.2) is 4.99 Å². The molecular formula is C20H25N5. The Morgan fingerprint density at radius 2 is 1.36 bits per heavy atom. The number of nitrogens with zero attached hydrogens (tertiary/aromatic N) is 1. The number of likely N-dealkylation sites (N-methyl/N-ethyl adjacent to an activating group) is 1. The number of guanidine groups is 1. The van der Waals surface area contributed by atoms with Crippen LogP contribution in [0, 0.1) is 13.8 Å². The first kappa shape index (κ1) is 17.0. The monoisotopic (exact) mass is 335 g/mol. The molecule has 0 spiro atoms. The van der Waals surface area contributed by atoms with Crippen LogP contribution in [0.15, 0.2) is 65.4 Å². The third kappa shape index (κ3) is 4.39. The maximum atomic E-state index is 4.72. The van der Waals surface area contributed by atoms with E-state index in [0.717, 1.165) is 17.2 Å². The average Bonchev–Trinajstić information content (AvgIpc) is 2.59. The van der Waals surface area contributed by atoms with E-state index < -0.39 is 5.66 Å². The first-order valence-corrected chi connectivity index (χ1v) is 8.42. The summed E-state index contributed by atoms with van der Waals surface area (Å²) in [6.45, 7) is 6.18. The molecule has 1 heterocycles. The molecule has 25 heavy (non-hydrogen) atoms. The largest absolute Gasteiger partial charge is 0.342 e. The first-order chi connectivity index (χ1) is 12.0. The van der Waals surface area contributed by atoms with Crippen molar-refractivity contribution in [3.63, 3.8) is 0 Å². The van der Waals surface area contributed by atoms with E-state index in [-0.39, 0.29) is 0 Å². The van der Waals surface area contributed by atoms with Crippen LogP contribution in [0.4, 0.5) is 11.4 Å². The molecule has 0 bridgehead atoms. The van der Waals surface area contributed by atoms with Crippen LogP contribution in [0.2, 0.25) is 0 Å². The molecule has 1 unspecified atom stereocenters. The molecule has 5 heteroatoms. The van der Waals surface area contributed by atoms with Crippen LogP contribution in [0.1, 0.15) is 18.1 Å². The van der Waals surface area contributed by atoms with Gasteiger partial charge in [-0.3, -0.25) is 5.32 Å². The molecule has 2 aromatic rings. The van der Waals surface area contributed by atoms with E-state index in [9.17, 15) is 0 Å². The zero-order valence-corrected chi connectivity index (χ0v) is 15.1. The third-order valence-electron chi connectivity index (χ3n) is 4.17. The summed E-state index contributed by atoms with van der Waals surface area (Å²) >= 11 is 0. The van der Waals surface area contributed by atoms with Crippen molar-refractivity contribution in [2.45, 2.75) is 26.4 Å². The van der Waals surface area contributed by atoms with Crippen molar-refractivity contribution in [1.82, 2.24) is 10.6 Å². The zero-order chi connectivity index (χ0) is 17.9. The lowest BCUT2D eigenvalue weighted by Crippen LogP contribution is -2.47. The summed E-state index contributed by atoms with van der Waals surface area (Å²) in [6, 6.07) is 16.5. The fraction of sp³-hybridized carbons (Fsp3) is 0.250. The van der Waals surface area contributed by atoms with Crippen LogP contribution in [-0.2, 0) is 0 Å². The average molecular weight is 335 g/mol. The number of aliphatic imine (C=N–C) groups is 1. The first-order valence-electron chi connectivity index (χ1n) is 8.42. The fourth-order valence-corrected chi connectivity index (χ4v) is 2.56. The molecule has 4 N–H and O–H groups in total. The van der Waals surface area contributed by atoms with Crippen LogP contribution in [0.3, 0.4) is 0 Å². The maximum absolute atomic E-state index is 4.72. The van der Waals surface area contributed by atoms with Gasteiger partial charge in [0.15, 0.2) is 0 Å². The van der Waals surface area contributed by atoms with Crippen LogP contribution < -0.4 is 21.3 Å². The predicted octanol–water partition coefficient (Wildman–Crippen LogP) is 3.56. The highest BCUT2D eigenvalue weighted by Crippen LogP contribution is 2.18. The maximum Gasteiger partial charge on any atom is 0.203 e. The van der Waals surface area contributed by atoms with Gasteiger partial charge in [0, 0.05) is 11.4 Å². The van der Waals surface area contributed by atoms with E-state index in [1.165, 1.54) is 11.1 Å². The molecule has 5 nitrogen and oxygen atoms in total. The molecule has 0 aliphatic carbocycles. The predicted molar refractivity (Wildman–Crippen MR) is 106 cm³/mol. The van der Waals surface area contributed by atoms with Gasteiger partial charge in [0.25, 0.3) is 0 Å². The van der Waals surface area contributed by atoms with Gasteiger partial charge in [0.2, 0.25) is 5.96 Å². The minimum absolute atomic E-state index is 0.495. The molecule has 0 saturated heterocycles. The quantitative estimate of drug-likeness (QED) is 0.690. The Labute approximate surface area is 149 Å². The molecule has 1 atom stereocenters. The van der Waals surface area contributed by atoms with Gasteiger partial charge in [-0.05, 0) is 58.2 Å². The molecule has 130 valence electrons. The Balaban J connectivity index is 1.78. The van der Waals surface area contributed by atoms with Crippen LogP contribution >= 0.6 is 0 Å². The summed E-state index contributed by atoms with van der Waals surface area (Å²) in [4.78, 5) is 4.72. The Morgan fingerprint density at radius 1 is 0.840 bits per heavy atom. The van der Waals surface area contributed by atoms with Crippen molar-refractivity contribution in [3.05, 3.63) is 71.6 Å². The lowest BCUT2D eigenvalue weighted by molar-refractivity contribution is 0.490. The van der Waals surface area contributed by atoms with E-state index in [2.05, 4.69) is 71.5 Å². The van der Waals surface area contributed by atoms with Crippen molar-refractivity contribution >= 4 is 17.3 Å². The van der Waals surface area contributed by atoms with Crippen LogP contribution in [0.5, 0.6) is 0 Å². The zero-order valence-electron chi connectivity index (χ0n) is 15.1. The van der Waals surface area contributed by atoms with Gasteiger partial charge in [0.1, 0.15) is 11.5 Å². The molecule has 0 aromatic heterocycles. The third-order valence-corrected chi connectivity index (χ3v) is 4.17. The highest BCUT2D eigenvalue weighted by Gasteiger charge is 2.25. The second-order valence-electron chi connectivity index (χ2n) is 6.52. The van der Waals surface area contributed by atoms with Gasteiger partial charge < -0.3 is 16.0 Å². The van der Waals surface area contributed by atoms with Gasteiger partial charge in [-0.2, -0.15) is 0 Å². The summed E-state index contributed by atoms with van der Waals surface area (Å²) < 4.78 is 0. The lowest BCUT2D eigenvalue weighted by Gasteiger charge is -2.30. The molecule has 0 radical (unpaired) electrons. The van der Waals surface area contributed by atoms with E-state index in [0.29, 0.717) is 5.96 Å². The number of nitrogens with one attached hydrogen (secondary N) is 4. The molecule has 0 saturated carbocycles. The topological polar surface area (TPSA) is 60.5 Å². The molecule has 1 aliphatic rings. The molecule has 0 fully saturated rings. The van der Waals surface area contributed by atoms with Crippen LogP contribution in [-0.4, -0.2) is 18.7 Å². The lowest BCUT2D eigenvalue weighted by atomic mass is 10.1. The van der Waals surface area contributed by atoms with Crippen molar-refractivity contribution in [1.29, 1.82) is 0 Å². The number of hydrogen-bond donors (Lipinski definition) is 4.